The molecule has 254 valence electrons. The predicted octanol–water partition coefficient (Wildman–Crippen LogP) is 5.87. The molecule has 3 heterocycles. The van der Waals surface area contributed by atoms with Gasteiger partial charge in [-0.1, -0.05) is 52.4 Å². The van der Waals surface area contributed by atoms with E-state index < -0.39 is 36.0 Å². The van der Waals surface area contributed by atoms with E-state index in [1.807, 2.05) is 13.8 Å². The van der Waals surface area contributed by atoms with Gasteiger partial charge in [0.2, 0.25) is 11.9 Å². The molecule has 0 radical (unpaired) electrons. The highest BCUT2D eigenvalue weighted by Gasteiger charge is 2.58. The van der Waals surface area contributed by atoms with E-state index >= 15 is 4.39 Å². The third kappa shape index (κ3) is 8.13. The monoisotopic (exact) mass is 644 g/mol. The number of imidazole rings is 1. The summed E-state index contributed by atoms with van der Waals surface area (Å²) in [6.45, 7) is 4.83. The van der Waals surface area contributed by atoms with E-state index in [9.17, 15) is 14.4 Å². The number of alkyl halides is 1. The zero-order valence-corrected chi connectivity index (χ0v) is 27.6. The molecule has 13 heteroatoms. The fraction of sp³-hybridized carbons (Fsp3) is 0.758. The molecule has 0 unspecified atom stereocenters. The molecule has 5 rings (SSSR count). The highest BCUT2D eigenvalue weighted by Crippen LogP contribution is 2.45. The molecule has 1 saturated heterocycles. The van der Waals surface area contributed by atoms with Gasteiger partial charge in [0.15, 0.2) is 35.0 Å². The van der Waals surface area contributed by atoms with E-state index in [1.165, 1.54) is 24.2 Å². The van der Waals surface area contributed by atoms with E-state index in [0.717, 1.165) is 57.8 Å². The van der Waals surface area contributed by atoms with Gasteiger partial charge in [-0.25, -0.2) is 9.37 Å². The minimum absolute atomic E-state index is 0.0626. The van der Waals surface area contributed by atoms with Gasteiger partial charge in [0, 0.05) is 26.3 Å². The lowest BCUT2D eigenvalue weighted by atomic mass is 9.87. The quantitative estimate of drug-likeness (QED) is 0.269. The summed E-state index contributed by atoms with van der Waals surface area (Å²) in [4.78, 5) is 51.9. The first-order valence-corrected chi connectivity index (χ1v) is 17.0. The van der Waals surface area contributed by atoms with Gasteiger partial charge in [0.1, 0.15) is 12.7 Å². The van der Waals surface area contributed by atoms with Gasteiger partial charge < -0.3 is 19.5 Å². The average molecular weight is 645 g/mol. The summed E-state index contributed by atoms with van der Waals surface area (Å²) in [5.41, 5.74) is -1.67. The summed E-state index contributed by atoms with van der Waals surface area (Å²) in [6.07, 6.45) is 9.09. The Morgan fingerprint density at radius 3 is 2.30 bits per heavy atom. The van der Waals surface area contributed by atoms with Gasteiger partial charge in [-0.15, -0.1) is 0 Å². The van der Waals surface area contributed by atoms with Crippen molar-refractivity contribution in [3.05, 3.63) is 6.33 Å². The van der Waals surface area contributed by atoms with Crippen LogP contribution >= 0.6 is 0 Å². The number of rotatable bonds is 12. The highest BCUT2D eigenvalue weighted by molar-refractivity contribution is 5.91. The second kappa shape index (κ2) is 15.0. The number of hydrogen-bond donors (Lipinski definition) is 2. The van der Waals surface area contributed by atoms with Crippen molar-refractivity contribution in [3.8, 4) is 0 Å². The third-order valence-corrected chi connectivity index (χ3v) is 9.46. The van der Waals surface area contributed by atoms with Crippen LogP contribution in [-0.2, 0) is 28.6 Å². The minimum atomic E-state index is -2.25. The van der Waals surface area contributed by atoms with Crippen LogP contribution in [0.4, 0.5) is 16.2 Å². The number of ether oxygens (including phenoxy) is 3. The van der Waals surface area contributed by atoms with E-state index in [2.05, 4.69) is 25.6 Å². The number of aromatic nitrogens is 4. The van der Waals surface area contributed by atoms with Crippen LogP contribution in [0.1, 0.15) is 110 Å². The van der Waals surface area contributed by atoms with Crippen molar-refractivity contribution in [2.45, 2.75) is 128 Å². The molecule has 0 bridgehead atoms. The summed E-state index contributed by atoms with van der Waals surface area (Å²) in [6, 6.07) is 0. The maximum absolute atomic E-state index is 17.0. The standard InChI is InChI=1S/C33H49FN6O6/c1-20(2)15-25(42)44-18-23-28(46-26(43)17-22-13-9-6-10-14-22)33(3,34)31(45-23)40-19-36-27-29(35-4)38-32(39-30(27)40)37-24(41)16-21-11-7-5-8-12-21/h19-23,28,31H,5-18H2,1-4H3,(H2,35,37,38,39,41)/t23-,28-,31-,33-/m1/s1. The molecule has 2 aromatic rings. The number of carbonyl (C=O) groups excluding carboxylic acids is 3. The van der Waals surface area contributed by atoms with E-state index in [1.54, 1.807) is 7.05 Å². The first-order chi connectivity index (χ1) is 22.0. The van der Waals surface area contributed by atoms with Crippen molar-refractivity contribution in [2.24, 2.45) is 17.8 Å². The third-order valence-electron chi connectivity index (χ3n) is 9.46. The van der Waals surface area contributed by atoms with E-state index in [0.29, 0.717) is 23.7 Å². The van der Waals surface area contributed by atoms with Gasteiger partial charge in [-0.2, -0.15) is 9.97 Å². The fourth-order valence-corrected chi connectivity index (χ4v) is 7.06. The maximum atomic E-state index is 17.0. The summed E-state index contributed by atoms with van der Waals surface area (Å²) < 4.78 is 35.9. The van der Waals surface area contributed by atoms with Crippen LogP contribution in [-0.4, -0.2) is 68.9 Å². The van der Waals surface area contributed by atoms with E-state index in [-0.39, 0.29) is 48.8 Å². The molecule has 4 atom stereocenters. The Hall–Kier alpha value is -3.35. The fourth-order valence-electron chi connectivity index (χ4n) is 7.06. The number of hydrogen-bond acceptors (Lipinski definition) is 10. The first-order valence-electron chi connectivity index (χ1n) is 17.0. The number of nitrogens with one attached hydrogen (secondary N) is 2. The predicted molar refractivity (Wildman–Crippen MR) is 170 cm³/mol. The van der Waals surface area contributed by atoms with Crippen LogP contribution in [0, 0.1) is 17.8 Å². The summed E-state index contributed by atoms with van der Waals surface area (Å²) in [7, 11) is 1.67. The molecular weight excluding hydrogens is 595 g/mol. The molecule has 2 aliphatic carbocycles. The van der Waals surface area contributed by atoms with Gasteiger partial charge in [0.05, 0.1) is 6.33 Å². The van der Waals surface area contributed by atoms with Crippen LogP contribution in [0.25, 0.3) is 11.2 Å². The van der Waals surface area contributed by atoms with Crippen LogP contribution in [0.15, 0.2) is 6.33 Å². The Balaban J connectivity index is 1.39. The zero-order valence-electron chi connectivity index (χ0n) is 27.6. The van der Waals surface area contributed by atoms with Gasteiger partial charge in [-0.05, 0) is 50.4 Å². The summed E-state index contributed by atoms with van der Waals surface area (Å²) >= 11 is 0. The smallest absolute Gasteiger partial charge is 0.306 e. The van der Waals surface area contributed by atoms with Crippen molar-refractivity contribution in [2.75, 3.05) is 24.3 Å². The lowest BCUT2D eigenvalue weighted by Crippen LogP contribution is -2.44. The van der Waals surface area contributed by atoms with Crippen molar-refractivity contribution in [1.29, 1.82) is 0 Å². The SMILES string of the molecule is CNc1nc(NC(=O)CC2CCCCC2)nc2c1ncn2[C@@H]1O[C@H](COC(=O)CC(C)C)[C@@H](OC(=O)CC2CCCCC2)[C@@]1(C)F. The Labute approximate surface area is 269 Å². The van der Waals surface area contributed by atoms with Gasteiger partial charge in [0.25, 0.3) is 0 Å². The molecule has 46 heavy (non-hydrogen) atoms. The molecule has 3 fully saturated rings. The number of fused-ring (bicyclic) bond motifs is 1. The maximum Gasteiger partial charge on any atom is 0.306 e. The Kier molecular flexibility index (Phi) is 11.1. The molecule has 0 aromatic carbocycles. The molecular formula is C33H49FN6O6. The van der Waals surface area contributed by atoms with Crippen LogP contribution in [0.3, 0.4) is 0 Å². The number of nitrogens with zero attached hydrogens (tertiary/aromatic N) is 4. The van der Waals surface area contributed by atoms with Crippen molar-refractivity contribution in [3.63, 3.8) is 0 Å². The number of anilines is 2. The molecule has 2 N–H and O–H groups in total. The Bertz CT molecular complexity index is 1370. The second-order valence-corrected chi connectivity index (χ2v) is 13.8. The van der Waals surface area contributed by atoms with Gasteiger partial charge >= 0.3 is 11.9 Å². The average Bonchev–Trinajstić information content (AvgIpc) is 3.53. The Morgan fingerprint density at radius 2 is 1.67 bits per heavy atom. The highest BCUT2D eigenvalue weighted by atomic mass is 19.1. The lowest BCUT2D eigenvalue weighted by Gasteiger charge is -2.28. The van der Waals surface area contributed by atoms with Crippen LogP contribution in [0.2, 0.25) is 0 Å². The number of halogens is 1. The number of esters is 2. The molecule has 1 aliphatic heterocycles. The number of amides is 1. The normalized spacial score (nSPS) is 25.9. The van der Waals surface area contributed by atoms with Crippen molar-refractivity contribution < 1.29 is 33.0 Å². The van der Waals surface area contributed by atoms with Crippen LogP contribution < -0.4 is 10.6 Å². The van der Waals surface area contributed by atoms with Gasteiger partial charge in [-0.3, -0.25) is 24.3 Å². The lowest BCUT2D eigenvalue weighted by molar-refractivity contribution is -0.162. The molecule has 1 amide bonds. The largest absolute Gasteiger partial charge is 0.463 e. The molecule has 12 nitrogen and oxygen atoms in total. The summed E-state index contributed by atoms with van der Waals surface area (Å²) in [5.74, 6) is -0.0953. The van der Waals surface area contributed by atoms with Crippen molar-refractivity contribution in [1.82, 2.24) is 19.5 Å². The van der Waals surface area contributed by atoms with Crippen LogP contribution in [0.5, 0.6) is 0 Å². The van der Waals surface area contributed by atoms with E-state index in [4.69, 9.17) is 14.2 Å². The molecule has 2 aromatic heterocycles. The Morgan fingerprint density at radius 1 is 1.02 bits per heavy atom. The molecule has 3 aliphatic rings. The topological polar surface area (TPSA) is 147 Å². The second-order valence-electron chi connectivity index (χ2n) is 13.8. The minimum Gasteiger partial charge on any atom is -0.463 e. The first kappa shape index (κ1) is 34.0. The molecule has 0 spiro atoms. The zero-order chi connectivity index (χ0) is 32.8. The van der Waals surface area contributed by atoms with Crippen molar-refractivity contribution >= 4 is 40.8 Å². The number of carbonyl (C=O) groups is 3. The molecule has 2 saturated carbocycles. The summed E-state index contributed by atoms with van der Waals surface area (Å²) in [5, 5.41) is 5.79.